The van der Waals surface area contributed by atoms with Crippen LogP contribution in [0.25, 0.3) is 0 Å². The maximum Gasteiger partial charge on any atom is 0.118 e. The van der Waals surface area contributed by atoms with Crippen LogP contribution in [-0.2, 0) is 6.42 Å². The molecule has 70 valence electrons. The van der Waals surface area contributed by atoms with Gasteiger partial charge in [0.1, 0.15) is 5.75 Å². The lowest BCUT2D eigenvalue weighted by molar-refractivity contribution is 0.414. The summed E-state index contributed by atoms with van der Waals surface area (Å²) in [7, 11) is 1.68. The van der Waals surface area contributed by atoms with E-state index in [-0.39, 0.29) is 0 Å². The fraction of sp³-hybridized carbons (Fsp3) is 0.273. The Morgan fingerprint density at radius 3 is 2.54 bits per heavy atom. The molecule has 0 aliphatic rings. The van der Waals surface area contributed by atoms with Gasteiger partial charge in [-0.25, -0.2) is 0 Å². The first kappa shape index (κ1) is 10.3. The third-order valence-corrected chi connectivity index (χ3v) is 2.22. The molecular formula is C11H13BrO. The summed E-state index contributed by atoms with van der Waals surface area (Å²) in [5, 5.41) is 0. The van der Waals surface area contributed by atoms with E-state index in [0.717, 1.165) is 18.6 Å². The molecule has 0 fully saturated rings. The van der Waals surface area contributed by atoms with E-state index < -0.39 is 0 Å². The summed E-state index contributed by atoms with van der Waals surface area (Å²) in [4.78, 5) is 1.90. The zero-order valence-electron chi connectivity index (χ0n) is 7.66. The average Bonchev–Trinajstić information content (AvgIpc) is 2.19. The molecule has 0 bridgehead atoms. The molecule has 2 heteroatoms. The van der Waals surface area contributed by atoms with Gasteiger partial charge in [0, 0.05) is 0 Å². The second-order valence-corrected chi connectivity index (χ2v) is 3.28. The molecule has 0 amide bonds. The van der Waals surface area contributed by atoms with E-state index in [1.54, 1.807) is 7.11 Å². The maximum atomic E-state index is 5.07. The fourth-order valence-corrected chi connectivity index (χ4v) is 1.37. The molecule has 0 spiro atoms. The van der Waals surface area contributed by atoms with Gasteiger partial charge in [0.05, 0.1) is 7.11 Å². The molecule has 0 radical (unpaired) electrons. The number of rotatable bonds is 4. The van der Waals surface area contributed by atoms with Gasteiger partial charge in [-0.3, -0.25) is 0 Å². The summed E-state index contributed by atoms with van der Waals surface area (Å²) in [5.74, 6) is 0.916. The van der Waals surface area contributed by atoms with E-state index in [2.05, 4.69) is 34.1 Å². The molecule has 0 saturated carbocycles. The highest BCUT2D eigenvalue weighted by Crippen LogP contribution is 2.12. The first-order valence-electron chi connectivity index (χ1n) is 4.25. The Morgan fingerprint density at radius 2 is 2.00 bits per heavy atom. The van der Waals surface area contributed by atoms with Crippen LogP contribution in [0.15, 0.2) is 35.3 Å². The minimum atomic E-state index is 0.916. The van der Waals surface area contributed by atoms with Crippen molar-refractivity contribution in [3.8, 4) is 5.75 Å². The smallest absolute Gasteiger partial charge is 0.118 e. The quantitative estimate of drug-likeness (QED) is 0.783. The van der Waals surface area contributed by atoms with Gasteiger partial charge in [-0.15, -0.1) is 0 Å². The van der Waals surface area contributed by atoms with Crippen molar-refractivity contribution in [2.24, 2.45) is 0 Å². The van der Waals surface area contributed by atoms with Crippen LogP contribution < -0.4 is 4.74 Å². The molecule has 1 aromatic rings. The molecule has 1 nitrogen and oxygen atoms in total. The number of hydrogen-bond acceptors (Lipinski definition) is 1. The van der Waals surface area contributed by atoms with Crippen LogP contribution in [0.4, 0.5) is 0 Å². The summed E-state index contributed by atoms with van der Waals surface area (Å²) >= 11 is 3.25. The van der Waals surface area contributed by atoms with Crippen molar-refractivity contribution in [2.75, 3.05) is 7.11 Å². The van der Waals surface area contributed by atoms with E-state index in [1.807, 2.05) is 17.1 Å². The minimum absolute atomic E-state index is 0.916. The van der Waals surface area contributed by atoms with E-state index in [1.165, 1.54) is 5.56 Å². The number of hydrogen-bond donors (Lipinski definition) is 0. The molecular weight excluding hydrogens is 228 g/mol. The summed E-state index contributed by atoms with van der Waals surface area (Å²) in [6.45, 7) is 0. The average molecular weight is 241 g/mol. The van der Waals surface area contributed by atoms with Crippen molar-refractivity contribution in [2.45, 2.75) is 12.8 Å². The highest BCUT2D eigenvalue weighted by Gasteiger charge is 1.92. The van der Waals surface area contributed by atoms with Crippen molar-refractivity contribution in [3.63, 3.8) is 0 Å². The Morgan fingerprint density at radius 1 is 1.31 bits per heavy atom. The van der Waals surface area contributed by atoms with Crippen LogP contribution in [0.5, 0.6) is 5.75 Å². The highest BCUT2D eigenvalue weighted by atomic mass is 79.9. The lowest BCUT2D eigenvalue weighted by atomic mass is 10.1. The van der Waals surface area contributed by atoms with Crippen LogP contribution in [0.3, 0.4) is 0 Å². The molecule has 0 saturated heterocycles. The van der Waals surface area contributed by atoms with Crippen molar-refractivity contribution < 1.29 is 4.74 Å². The Labute approximate surface area is 87.5 Å². The second-order valence-electron chi connectivity index (χ2n) is 2.75. The zero-order valence-corrected chi connectivity index (χ0v) is 9.25. The molecule has 0 N–H and O–H groups in total. The largest absolute Gasteiger partial charge is 0.497 e. The van der Waals surface area contributed by atoms with Gasteiger partial charge < -0.3 is 4.74 Å². The van der Waals surface area contributed by atoms with Gasteiger partial charge in [-0.2, -0.15) is 0 Å². The third-order valence-electron chi connectivity index (χ3n) is 1.85. The van der Waals surface area contributed by atoms with E-state index >= 15 is 0 Å². The molecule has 1 aromatic carbocycles. The molecule has 0 aliphatic heterocycles. The standard InChI is InChI=1S/C11H13BrO/c1-13-11-7-5-10(6-8-11)4-2-3-9-12/h3,5-9H,2,4H2,1H3. The molecule has 0 aromatic heterocycles. The first-order chi connectivity index (χ1) is 6.36. The van der Waals surface area contributed by atoms with E-state index in [0.29, 0.717) is 0 Å². The molecule has 13 heavy (non-hydrogen) atoms. The van der Waals surface area contributed by atoms with Gasteiger partial charge in [0.15, 0.2) is 0 Å². The van der Waals surface area contributed by atoms with Crippen molar-refractivity contribution in [3.05, 3.63) is 40.9 Å². The third kappa shape index (κ3) is 3.64. The first-order valence-corrected chi connectivity index (χ1v) is 5.16. The van der Waals surface area contributed by atoms with Crippen LogP contribution >= 0.6 is 15.9 Å². The molecule has 0 atom stereocenters. The number of allylic oxidation sites excluding steroid dienone is 1. The Bertz CT molecular complexity index is 264. The second kappa shape index (κ2) is 5.81. The minimum Gasteiger partial charge on any atom is -0.497 e. The Kier molecular flexibility index (Phi) is 4.61. The van der Waals surface area contributed by atoms with Crippen molar-refractivity contribution in [1.82, 2.24) is 0 Å². The summed E-state index contributed by atoms with van der Waals surface area (Å²) in [6.07, 6.45) is 4.24. The normalized spacial score (nSPS) is 10.6. The topological polar surface area (TPSA) is 9.23 Å². The molecule has 0 aliphatic carbocycles. The number of ether oxygens (including phenoxy) is 1. The van der Waals surface area contributed by atoms with Gasteiger partial charge >= 0.3 is 0 Å². The van der Waals surface area contributed by atoms with Crippen molar-refractivity contribution in [1.29, 1.82) is 0 Å². The van der Waals surface area contributed by atoms with E-state index in [9.17, 15) is 0 Å². The highest BCUT2D eigenvalue weighted by molar-refractivity contribution is 9.11. The lowest BCUT2D eigenvalue weighted by Crippen LogP contribution is -1.85. The SMILES string of the molecule is COc1ccc(CCC=CBr)cc1. The molecule has 0 unspecified atom stereocenters. The van der Waals surface area contributed by atoms with Gasteiger partial charge in [0.2, 0.25) is 0 Å². The number of benzene rings is 1. The lowest BCUT2D eigenvalue weighted by Gasteiger charge is -2.01. The summed E-state index contributed by atoms with van der Waals surface area (Å²) < 4.78 is 5.07. The van der Waals surface area contributed by atoms with Crippen LogP contribution in [0.2, 0.25) is 0 Å². The summed E-state index contributed by atoms with van der Waals surface area (Å²) in [6, 6.07) is 8.18. The van der Waals surface area contributed by atoms with Crippen LogP contribution in [-0.4, -0.2) is 7.11 Å². The van der Waals surface area contributed by atoms with Crippen molar-refractivity contribution >= 4 is 15.9 Å². The monoisotopic (exact) mass is 240 g/mol. The van der Waals surface area contributed by atoms with Crippen LogP contribution in [0.1, 0.15) is 12.0 Å². The zero-order chi connectivity index (χ0) is 9.52. The Balaban J connectivity index is 2.49. The fourth-order valence-electron chi connectivity index (χ4n) is 1.11. The number of methoxy groups -OCH3 is 1. The van der Waals surface area contributed by atoms with E-state index in [4.69, 9.17) is 4.74 Å². The van der Waals surface area contributed by atoms with Gasteiger partial charge in [-0.1, -0.05) is 34.1 Å². The predicted octanol–water partition coefficient (Wildman–Crippen LogP) is 3.54. The van der Waals surface area contributed by atoms with Gasteiger partial charge in [-0.05, 0) is 35.5 Å². The molecule has 1 rings (SSSR count). The summed E-state index contributed by atoms with van der Waals surface area (Å²) in [5.41, 5.74) is 1.34. The maximum absolute atomic E-state index is 5.07. The Hall–Kier alpha value is -0.760. The number of halogens is 1. The predicted molar refractivity (Wildman–Crippen MR) is 59.4 cm³/mol. The van der Waals surface area contributed by atoms with Gasteiger partial charge in [0.25, 0.3) is 0 Å². The van der Waals surface area contributed by atoms with Crippen LogP contribution in [0, 0.1) is 0 Å². The molecule has 0 heterocycles. The number of aryl methyl sites for hydroxylation is 1.